The summed E-state index contributed by atoms with van der Waals surface area (Å²) in [6.07, 6.45) is 43.6. The Hall–Kier alpha value is -9.46. The Labute approximate surface area is 777 Å². The Morgan fingerprint density at radius 2 is 0.442 bits per heavy atom. The van der Waals surface area contributed by atoms with Crippen LogP contribution in [-0.4, -0.2) is 28.4 Å². The highest BCUT2D eigenvalue weighted by Crippen LogP contribution is 2.48. The van der Waals surface area contributed by atoms with Crippen molar-refractivity contribution < 1.29 is 40.9 Å². The number of hydrogen-bond donors (Lipinski definition) is 0. The fraction of sp³-hybridized carbons (Fsp3) is 0.385. The summed E-state index contributed by atoms with van der Waals surface area (Å²) in [5, 5.41) is 0. The molecule has 0 aromatic heterocycles. The number of aryl methyl sites for hydroxylation is 2. The summed E-state index contributed by atoms with van der Waals surface area (Å²) in [6, 6.07) is 93.6. The van der Waals surface area contributed by atoms with E-state index in [0.717, 1.165) is 65.4 Å². The van der Waals surface area contributed by atoms with Crippen LogP contribution in [-0.2, 0) is 32.7 Å². The van der Waals surface area contributed by atoms with Gasteiger partial charge in [-0.1, -0.05) is 236 Å². The molecule has 6 fully saturated rings. The first-order chi connectivity index (χ1) is 63.0. The van der Waals surface area contributed by atoms with E-state index in [1.807, 2.05) is 48.5 Å². The molecule has 12 heteroatoms. The fourth-order valence-electron chi connectivity index (χ4n) is 20.2. The molecule has 12 aromatic rings. The molecule has 0 bridgehead atoms. The van der Waals surface area contributed by atoms with Crippen LogP contribution < -0.4 is 18.9 Å². The molecule has 0 radical (unpaired) electrons. The number of benzene rings is 12. The normalized spacial score (nSPS) is 16.0. The van der Waals surface area contributed by atoms with Gasteiger partial charge in [0, 0.05) is 17.7 Å². The average Bonchev–Trinajstić information content (AvgIpc) is 0.795. The highest BCUT2D eigenvalue weighted by atomic mass is 32.2. The van der Waals surface area contributed by atoms with Gasteiger partial charge in [-0.25, -0.2) is 22.0 Å². The first-order valence-corrected chi connectivity index (χ1v) is 51.5. The van der Waals surface area contributed by atoms with Crippen molar-refractivity contribution in [1.29, 1.82) is 0 Å². The topological polar surface area (TPSA) is 36.9 Å². The van der Waals surface area contributed by atoms with Gasteiger partial charge in [0.25, 0.3) is 0 Å². The molecule has 678 valence electrons. The maximum absolute atomic E-state index is 12.4. The highest BCUT2D eigenvalue weighted by molar-refractivity contribution is 7.97. The average molecular weight is 1800 g/mol. The van der Waals surface area contributed by atoms with Crippen LogP contribution in [0.1, 0.15) is 289 Å². The summed E-state index contributed by atoms with van der Waals surface area (Å²) >= 11 is 0. The Morgan fingerprint density at radius 1 is 0.202 bits per heavy atom. The maximum Gasteiger partial charge on any atom is 0.200 e. The molecule has 0 amide bonds. The van der Waals surface area contributed by atoms with Crippen LogP contribution in [0.5, 0.6) is 23.0 Å². The second kappa shape index (κ2) is 49.7. The van der Waals surface area contributed by atoms with E-state index in [1.165, 1.54) is 248 Å². The standard InChI is InChI=1S/2C25H38.2C21H21O2S.C18H15S.C7H3F5/c2*1-19-24(21-13-7-3-8-14-21)17-23(20-11-5-2-6-12-20)18-25(19)22-15-9-4-10-16-22;1-16-4-10-19(11-5-16)24(20-12-6-17(22-2)7-13-20)21-14-8-18(23-3)9-15-21;1-16-7-4-10-19(13-16)24(20-11-5-8-17(14-20)22-2)21-12-6-9-18(15-21)23-3;1-4-10-16(11-5-1)19(17-12-6-2-7-13-17)18-14-8-3-9-15-18;1-2-3(8)5(10)7(12)6(11)4(2)9/h2*17-18,20-22H,2-16H2,1H3;2*4-15H,1-3H3;1-15H;1H3/q;;3*+1;. The minimum absolute atomic E-state index is 0.0146. The van der Waals surface area contributed by atoms with Gasteiger partial charge in [-0.05, 0) is 331 Å². The zero-order chi connectivity index (χ0) is 90.4. The zero-order valence-electron chi connectivity index (χ0n) is 77.8. The van der Waals surface area contributed by atoms with Crippen LogP contribution in [0.3, 0.4) is 0 Å². The molecule has 18 rings (SSSR count). The zero-order valence-corrected chi connectivity index (χ0v) is 80.2. The van der Waals surface area contributed by atoms with E-state index in [9.17, 15) is 22.0 Å². The third kappa shape index (κ3) is 26.5. The van der Waals surface area contributed by atoms with E-state index in [4.69, 9.17) is 18.9 Å². The minimum atomic E-state index is -2.13. The van der Waals surface area contributed by atoms with Gasteiger partial charge in [-0.15, -0.1) is 0 Å². The summed E-state index contributed by atoms with van der Waals surface area (Å²) in [4.78, 5) is 11.7. The molecule has 0 aliphatic heterocycles. The Kier molecular flexibility index (Phi) is 37.4. The van der Waals surface area contributed by atoms with Crippen molar-refractivity contribution in [2.45, 2.75) is 307 Å². The van der Waals surface area contributed by atoms with Gasteiger partial charge in [0.1, 0.15) is 23.0 Å². The van der Waals surface area contributed by atoms with Crippen LogP contribution >= 0.6 is 0 Å². The molecule has 0 saturated heterocycles. The molecule has 0 unspecified atom stereocenters. The predicted octanol–water partition coefficient (Wildman–Crippen LogP) is 34.0. The van der Waals surface area contributed by atoms with Crippen molar-refractivity contribution in [2.24, 2.45) is 0 Å². The number of halogens is 5. The molecule has 0 atom stereocenters. The largest absolute Gasteiger partial charge is 0.497 e. The molecule has 6 aliphatic carbocycles. The summed E-state index contributed by atoms with van der Waals surface area (Å²) in [5.41, 5.74) is 15.6. The maximum atomic E-state index is 12.4. The molecular formula is C117H136F5O4S3+3. The van der Waals surface area contributed by atoms with Crippen molar-refractivity contribution in [2.75, 3.05) is 28.4 Å². The lowest BCUT2D eigenvalue weighted by Gasteiger charge is -2.31. The van der Waals surface area contributed by atoms with Gasteiger partial charge in [-0.3, -0.25) is 0 Å². The highest BCUT2D eigenvalue weighted by Gasteiger charge is 2.35. The molecule has 0 N–H and O–H groups in total. The van der Waals surface area contributed by atoms with Gasteiger partial charge in [-0.2, -0.15) is 0 Å². The fourth-order valence-corrected chi connectivity index (χ4v) is 26.5. The van der Waals surface area contributed by atoms with Gasteiger partial charge in [0.15, 0.2) is 67.3 Å². The van der Waals surface area contributed by atoms with Crippen LogP contribution in [0, 0.1) is 63.7 Å². The van der Waals surface area contributed by atoms with E-state index in [2.05, 4.69) is 240 Å². The van der Waals surface area contributed by atoms with Crippen LogP contribution in [0.15, 0.2) is 305 Å². The molecule has 6 aliphatic rings. The third-order valence-electron chi connectivity index (χ3n) is 27.3. The van der Waals surface area contributed by atoms with Crippen LogP contribution in [0.25, 0.3) is 0 Å². The second-order valence-corrected chi connectivity index (χ2v) is 42.1. The van der Waals surface area contributed by atoms with Gasteiger partial charge < -0.3 is 18.9 Å². The first-order valence-electron chi connectivity index (χ1n) is 47.8. The molecule has 0 spiro atoms. The van der Waals surface area contributed by atoms with Gasteiger partial charge in [0.2, 0.25) is 5.82 Å². The van der Waals surface area contributed by atoms with Crippen molar-refractivity contribution in [1.82, 2.24) is 0 Å². The summed E-state index contributed by atoms with van der Waals surface area (Å²) in [6.45, 7) is 10.00. The Morgan fingerprint density at radius 3 is 0.729 bits per heavy atom. The summed E-state index contributed by atoms with van der Waals surface area (Å²) in [5.74, 6) is -0.856. The van der Waals surface area contributed by atoms with E-state index in [1.54, 1.807) is 72.9 Å². The van der Waals surface area contributed by atoms with E-state index >= 15 is 0 Å². The van der Waals surface area contributed by atoms with Crippen LogP contribution in [0.2, 0.25) is 0 Å². The van der Waals surface area contributed by atoms with E-state index < -0.39 is 34.6 Å². The second-order valence-electron chi connectivity index (χ2n) is 36.0. The van der Waals surface area contributed by atoms with Crippen LogP contribution in [0.4, 0.5) is 22.0 Å². The Balaban J connectivity index is 0.000000134. The third-order valence-corrected chi connectivity index (χ3v) is 34.0. The monoisotopic (exact) mass is 1800 g/mol. The molecule has 12 aromatic carbocycles. The summed E-state index contributed by atoms with van der Waals surface area (Å²) in [7, 11) is 6.42. The quantitative estimate of drug-likeness (QED) is 0.0350. The number of ether oxygens (including phenoxy) is 4. The van der Waals surface area contributed by atoms with Crippen molar-refractivity contribution in [3.63, 3.8) is 0 Å². The van der Waals surface area contributed by atoms with Gasteiger partial charge in [0.05, 0.1) is 61.1 Å². The van der Waals surface area contributed by atoms with E-state index in [-0.39, 0.29) is 32.7 Å². The predicted molar refractivity (Wildman–Crippen MR) is 528 cm³/mol. The van der Waals surface area contributed by atoms with Gasteiger partial charge >= 0.3 is 0 Å². The van der Waals surface area contributed by atoms with Crippen molar-refractivity contribution in [3.8, 4) is 23.0 Å². The Bertz CT molecular complexity index is 4930. The molecule has 129 heavy (non-hydrogen) atoms. The lowest BCUT2D eigenvalue weighted by molar-refractivity contribution is 0.373. The smallest absolute Gasteiger partial charge is 0.200 e. The SMILES string of the molecule is COc1ccc([S+](c2ccc(C)cc2)c2ccc(OC)cc2)cc1.COc1cccc([S+](c2cccc(C)c2)c2cccc(OC)c2)c1.Cc1c(C2CCCCC2)cc(C2CCCCC2)cc1C1CCCCC1.Cc1c(C2CCCCC2)cc(C2CCCCC2)cc1C1CCCCC1.Cc1c(F)c(F)c(F)c(F)c1F.c1ccc([S+](c2ccccc2)c2ccccc2)cc1. The molecule has 6 saturated carbocycles. The molecular weight excluding hydrogens is 1660 g/mol. The van der Waals surface area contributed by atoms with Crippen molar-refractivity contribution in [3.05, 3.63) is 351 Å². The number of methoxy groups -OCH3 is 4. The number of rotatable bonds is 19. The molecule has 0 heterocycles. The molecule has 4 nitrogen and oxygen atoms in total. The lowest BCUT2D eigenvalue weighted by Crippen LogP contribution is -2.14. The van der Waals surface area contributed by atoms with Crippen molar-refractivity contribution >= 4 is 32.7 Å². The van der Waals surface area contributed by atoms with E-state index in [0.29, 0.717) is 0 Å². The first kappa shape index (κ1) is 97.1. The lowest BCUT2D eigenvalue weighted by atomic mass is 9.74. The summed E-state index contributed by atoms with van der Waals surface area (Å²) < 4.78 is 83.0. The minimum Gasteiger partial charge on any atom is -0.497 e. The number of hydrogen-bond acceptors (Lipinski definition) is 4.